The molecule has 4 heterocycles. The lowest BCUT2D eigenvalue weighted by molar-refractivity contribution is -0.00765. The van der Waals surface area contributed by atoms with Crippen molar-refractivity contribution in [2.45, 2.75) is 76.9 Å². The minimum Gasteiger partial charge on any atom is -0.474 e. The van der Waals surface area contributed by atoms with Gasteiger partial charge in [-0.3, -0.25) is 0 Å². The molecular weight excluding hydrogens is 460 g/mol. The normalized spacial score (nSPS) is 24.1. The van der Waals surface area contributed by atoms with Gasteiger partial charge in [0.25, 0.3) is 0 Å². The molecule has 164 valence electrons. The number of hydrogen-bond donors (Lipinski definition) is 0. The number of halogens is 1. The number of carbonyl (C=O) groups is 1. The number of carbonyl (C=O) groups excluding carboxylic acids is 1. The molecule has 3 atom stereocenters. The minimum absolute atomic E-state index is 0.0357. The number of pyridine rings is 1. The molecule has 2 bridgehead atoms. The van der Waals surface area contributed by atoms with Crippen molar-refractivity contribution in [2.75, 3.05) is 0 Å². The second-order valence-corrected chi connectivity index (χ2v) is 10.5. The first-order chi connectivity index (χ1) is 14.8. The molecule has 0 radical (unpaired) electrons. The molecule has 7 heteroatoms. The highest BCUT2D eigenvalue weighted by molar-refractivity contribution is 9.10. The molecule has 1 unspecified atom stereocenters. The van der Waals surface area contributed by atoms with Crippen LogP contribution >= 0.6 is 15.9 Å². The first-order valence-corrected chi connectivity index (χ1v) is 11.7. The van der Waals surface area contributed by atoms with Crippen LogP contribution in [0.2, 0.25) is 0 Å². The zero-order valence-corrected chi connectivity index (χ0v) is 19.6. The molecule has 5 rings (SSSR count). The maximum Gasteiger partial charge on any atom is 0.410 e. The summed E-state index contributed by atoms with van der Waals surface area (Å²) in [6, 6.07) is 10.5. The number of amides is 1. The van der Waals surface area contributed by atoms with Crippen molar-refractivity contribution in [3.63, 3.8) is 0 Å². The third kappa shape index (κ3) is 4.12. The molecule has 1 aromatic carbocycles. The lowest BCUT2D eigenvalue weighted by Gasteiger charge is -2.39. The van der Waals surface area contributed by atoms with Crippen molar-refractivity contribution < 1.29 is 19.0 Å². The summed E-state index contributed by atoms with van der Waals surface area (Å²) in [5.74, 6) is 1.19. The Kier molecular flexibility index (Phi) is 5.12. The predicted molar refractivity (Wildman–Crippen MR) is 120 cm³/mol. The predicted octanol–water partition coefficient (Wildman–Crippen LogP) is 5.71. The molecular formula is C24H27BrN2O4. The van der Waals surface area contributed by atoms with E-state index >= 15 is 0 Å². The monoisotopic (exact) mass is 486 g/mol. The Labute approximate surface area is 191 Å². The van der Waals surface area contributed by atoms with Crippen LogP contribution in [0.1, 0.15) is 52.0 Å². The Morgan fingerprint density at radius 2 is 1.84 bits per heavy atom. The quantitative estimate of drug-likeness (QED) is 0.543. The molecule has 2 saturated heterocycles. The maximum absolute atomic E-state index is 12.7. The van der Waals surface area contributed by atoms with Gasteiger partial charge in [0.15, 0.2) is 0 Å². The van der Waals surface area contributed by atoms with E-state index in [0.29, 0.717) is 18.4 Å². The largest absolute Gasteiger partial charge is 0.474 e. The van der Waals surface area contributed by atoms with Gasteiger partial charge in [0, 0.05) is 41.0 Å². The Balaban J connectivity index is 1.28. The summed E-state index contributed by atoms with van der Waals surface area (Å²) in [6.07, 6.45) is 3.42. The second-order valence-electron chi connectivity index (χ2n) is 9.58. The summed E-state index contributed by atoms with van der Waals surface area (Å²) in [4.78, 5) is 19.2. The Morgan fingerprint density at radius 3 is 2.55 bits per heavy atom. The summed E-state index contributed by atoms with van der Waals surface area (Å²) in [7, 11) is 0. The van der Waals surface area contributed by atoms with Gasteiger partial charge in [-0.2, -0.15) is 4.98 Å². The summed E-state index contributed by atoms with van der Waals surface area (Å²) >= 11 is 3.52. The van der Waals surface area contributed by atoms with Crippen LogP contribution in [0.15, 0.2) is 34.8 Å². The van der Waals surface area contributed by atoms with Gasteiger partial charge in [0.1, 0.15) is 18.3 Å². The molecule has 3 aliphatic heterocycles. The van der Waals surface area contributed by atoms with Crippen molar-refractivity contribution in [1.82, 2.24) is 9.88 Å². The second kappa shape index (κ2) is 7.69. The molecule has 3 aliphatic rings. The first kappa shape index (κ1) is 20.6. The van der Waals surface area contributed by atoms with Crippen molar-refractivity contribution in [2.24, 2.45) is 0 Å². The fraction of sp³-hybridized carbons (Fsp3) is 0.500. The molecule has 31 heavy (non-hydrogen) atoms. The molecule has 0 spiro atoms. The number of ether oxygens (including phenoxy) is 3. The van der Waals surface area contributed by atoms with Gasteiger partial charge in [-0.25, -0.2) is 4.79 Å². The Hall–Kier alpha value is -2.28. The third-order valence-electron chi connectivity index (χ3n) is 6.14. The summed E-state index contributed by atoms with van der Waals surface area (Å²) in [5, 5.41) is 0. The number of piperidine rings is 1. The summed E-state index contributed by atoms with van der Waals surface area (Å²) in [5.41, 5.74) is 2.79. The molecule has 0 N–H and O–H groups in total. The summed E-state index contributed by atoms with van der Waals surface area (Å²) in [6.45, 7) is 6.22. The fourth-order valence-electron chi connectivity index (χ4n) is 4.90. The average molecular weight is 487 g/mol. The number of nitrogens with zero attached hydrogens (tertiary/aromatic N) is 2. The third-order valence-corrected chi connectivity index (χ3v) is 6.63. The van der Waals surface area contributed by atoms with E-state index in [2.05, 4.69) is 33.0 Å². The molecule has 6 nitrogen and oxygen atoms in total. The lowest BCUT2D eigenvalue weighted by atomic mass is 9.99. The molecule has 0 saturated carbocycles. The molecule has 2 aromatic rings. The van der Waals surface area contributed by atoms with E-state index in [1.54, 1.807) is 0 Å². The van der Waals surface area contributed by atoms with Crippen molar-refractivity contribution in [3.05, 3.63) is 40.4 Å². The topological polar surface area (TPSA) is 60.9 Å². The van der Waals surface area contributed by atoms with E-state index in [9.17, 15) is 4.79 Å². The highest BCUT2D eigenvalue weighted by Crippen LogP contribution is 2.41. The van der Waals surface area contributed by atoms with Gasteiger partial charge in [0.05, 0.1) is 0 Å². The molecule has 0 aliphatic carbocycles. The SMILES string of the molecule is CC(C)(C)OC(=O)N1[C@@H]2CC[C@H]1CC(Oc1ccc3c(n1)OCc1cc(Br)ccc1-3)C2. The van der Waals surface area contributed by atoms with E-state index in [-0.39, 0.29) is 24.3 Å². The number of fused-ring (bicyclic) bond motifs is 5. The van der Waals surface area contributed by atoms with E-state index < -0.39 is 5.60 Å². The van der Waals surface area contributed by atoms with Gasteiger partial charge < -0.3 is 19.1 Å². The first-order valence-electron chi connectivity index (χ1n) is 10.9. The van der Waals surface area contributed by atoms with E-state index in [4.69, 9.17) is 14.2 Å². The van der Waals surface area contributed by atoms with Gasteiger partial charge in [-0.05, 0) is 62.9 Å². The van der Waals surface area contributed by atoms with Gasteiger partial charge in [-0.15, -0.1) is 0 Å². The molecule has 1 amide bonds. The van der Waals surface area contributed by atoms with Crippen molar-refractivity contribution >= 4 is 22.0 Å². The number of rotatable bonds is 2. The van der Waals surface area contributed by atoms with Gasteiger partial charge >= 0.3 is 6.09 Å². The maximum atomic E-state index is 12.7. The Bertz CT molecular complexity index is 1010. The van der Waals surface area contributed by atoms with E-state index in [1.807, 2.05) is 43.9 Å². The average Bonchev–Trinajstić information content (AvgIpc) is 2.97. The lowest BCUT2D eigenvalue weighted by Crippen LogP contribution is -2.50. The molecule has 2 fully saturated rings. The van der Waals surface area contributed by atoms with E-state index in [0.717, 1.165) is 46.8 Å². The van der Waals surface area contributed by atoms with Crippen LogP contribution in [0.25, 0.3) is 11.1 Å². The zero-order chi connectivity index (χ0) is 21.8. The number of benzene rings is 1. The van der Waals surface area contributed by atoms with E-state index in [1.165, 1.54) is 0 Å². The van der Waals surface area contributed by atoms with Crippen LogP contribution in [-0.2, 0) is 11.3 Å². The van der Waals surface area contributed by atoms with Crippen LogP contribution < -0.4 is 9.47 Å². The number of hydrogen-bond acceptors (Lipinski definition) is 5. The zero-order valence-electron chi connectivity index (χ0n) is 18.1. The van der Waals surface area contributed by atoms with Crippen LogP contribution in [0.4, 0.5) is 4.79 Å². The minimum atomic E-state index is -0.481. The summed E-state index contributed by atoms with van der Waals surface area (Å²) < 4.78 is 18.8. The van der Waals surface area contributed by atoms with Crippen LogP contribution in [-0.4, -0.2) is 39.8 Å². The van der Waals surface area contributed by atoms with Crippen LogP contribution in [0, 0.1) is 0 Å². The standard InChI is InChI=1S/C24H27BrN2O4/c1-24(2,3)31-23(28)27-16-5-6-17(27)12-18(11-16)30-21-9-8-20-19-7-4-15(25)10-14(19)13-29-22(20)26-21/h4,7-10,16-18H,5-6,11-13H2,1-3H3/t16-,17+,18?. The van der Waals surface area contributed by atoms with Crippen LogP contribution in [0.5, 0.6) is 11.8 Å². The highest BCUT2D eigenvalue weighted by atomic mass is 79.9. The molecule has 1 aromatic heterocycles. The van der Waals surface area contributed by atoms with Gasteiger partial charge in [-0.1, -0.05) is 22.0 Å². The Morgan fingerprint density at radius 1 is 1.13 bits per heavy atom. The smallest absolute Gasteiger partial charge is 0.410 e. The van der Waals surface area contributed by atoms with Crippen molar-refractivity contribution in [3.8, 4) is 22.9 Å². The number of aromatic nitrogens is 1. The fourth-order valence-corrected chi connectivity index (χ4v) is 5.31. The highest BCUT2D eigenvalue weighted by Gasteiger charge is 2.45. The van der Waals surface area contributed by atoms with Crippen molar-refractivity contribution in [1.29, 1.82) is 0 Å². The van der Waals surface area contributed by atoms with Crippen LogP contribution in [0.3, 0.4) is 0 Å². The van der Waals surface area contributed by atoms with Gasteiger partial charge in [0.2, 0.25) is 11.8 Å².